The Kier molecular flexibility index (Phi) is 11.6. The van der Waals surface area contributed by atoms with Gasteiger partial charge in [0.1, 0.15) is 5.75 Å². The summed E-state index contributed by atoms with van der Waals surface area (Å²) >= 11 is 4.83. The van der Waals surface area contributed by atoms with Gasteiger partial charge in [-0.25, -0.2) is 18.0 Å². The van der Waals surface area contributed by atoms with Crippen molar-refractivity contribution >= 4 is 68.0 Å². The molecule has 0 radical (unpaired) electrons. The van der Waals surface area contributed by atoms with Gasteiger partial charge in [0.15, 0.2) is 6.10 Å². The summed E-state index contributed by atoms with van der Waals surface area (Å²) in [5.41, 5.74) is 2.68. The number of para-hydroxylation sites is 1. The number of nitrogens with zero attached hydrogens (tertiary/aromatic N) is 5. The van der Waals surface area contributed by atoms with Crippen LogP contribution in [0.4, 0.5) is 15.3 Å². The van der Waals surface area contributed by atoms with Gasteiger partial charge < -0.3 is 29.9 Å². The maximum atomic E-state index is 14.0. The lowest BCUT2D eigenvalue weighted by Gasteiger charge is -2.42. The third-order valence-electron chi connectivity index (χ3n) is 10.1. The second-order valence-electron chi connectivity index (χ2n) is 13.0. The standard InChI is InChI=1S/C33H42BrIN6O7S/c34-27-21-23(5-6-29(27)42)22-30(31(43)38-12-8-25(9-13-38)37-17-19-40(20-18-37)49(35,46)47)48-33(45)39-14-10-26(11-15-39)41-16-7-24-3-1-2-4-28(24)36-32(41)44/h1-6,21,25-26,30,42H,7-20,22H2,(H,36,44)/t30-/m1/s1. The van der Waals surface area contributed by atoms with E-state index in [4.69, 9.17) is 4.74 Å². The SMILES string of the molecule is O=C(O[C@H](Cc1ccc(O)c(Br)c1)C(=O)N1CCC(N2CCN(S(=O)(=O)I)CC2)CC1)N1CCC(N2CCc3ccccc3NC2=O)CC1. The van der Waals surface area contributed by atoms with Crippen LogP contribution in [-0.4, -0.2) is 133 Å². The predicted octanol–water partition coefficient (Wildman–Crippen LogP) is 4.05. The van der Waals surface area contributed by atoms with E-state index in [1.165, 1.54) is 25.5 Å². The molecule has 2 aromatic rings. The van der Waals surface area contributed by atoms with Crippen LogP contribution in [-0.2, 0) is 29.6 Å². The number of phenols is 1. The number of amides is 4. The quantitative estimate of drug-likeness (QED) is 0.314. The normalized spacial score (nSPS) is 21.1. The van der Waals surface area contributed by atoms with Gasteiger partial charge in [-0.3, -0.25) is 9.69 Å². The summed E-state index contributed by atoms with van der Waals surface area (Å²) in [6, 6.07) is 12.9. The number of ether oxygens (including phenoxy) is 1. The Bertz CT molecular complexity index is 1640. The number of hydrogen-bond acceptors (Lipinski definition) is 8. The summed E-state index contributed by atoms with van der Waals surface area (Å²) in [5, 5.41) is 13.0. The van der Waals surface area contributed by atoms with Crippen molar-refractivity contribution in [1.29, 1.82) is 0 Å². The molecule has 0 aromatic heterocycles. The summed E-state index contributed by atoms with van der Waals surface area (Å²) in [4.78, 5) is 48.1. The van der Waals surface area contributed by atoms with Crippen LogP contribution < -0.4 is 5.32 Å². The molecule has 0 bridgehead atoms. The van der Waals surface area contributed by atoms with Gasteiger partial charge in [-0.05, 0) is 77.4 Å². The minimum absolute atomic E-state index is 0.0135. The van der Waals surface area contributed by atoms with Crippen molar-refractivity contribution in [3.05, 3.63) is 58.1 Å². The second kappa shape index (κ2) is 15.7. The van der Waals surface area contributed by atoms with Crippen molar-refractivity contribution in [2.75, 3.05) is 64.2 Å². The van der Waals surface area contributed by atoms with Crippen molar-refractivity contribution in [3.8, 4) is 5.75 Å². The molecule has 4 amide bonds. The summed E-state index contributed by atoms with van der Waals surface area (Å²) in [6.07, 6.45) is 2.01. The van der Waals surface area contributed by atoms with E-state index in [-0.39, 0.29) is 36.2 Å². The van der Waals surface area contributed by atoms with Crippen molar-refractivity contribution in [3.63, 3.8) is 0 Å². The number of aromatic hydroxyl groups is 1. The minimum Gasteiger partial charge on any atom is -0.507 e. The van der Waals surface area contributed by atoms with Crippen LogP contribution in [0.2, 0.25) is 0 Å². The average Bonchev–Trinajstić information content (AvgIpc) is 3.27. The molecule has 0 saturated carbocycles. The van der Waals surface area contributed by atoms with Crippen LogP contribution in [0.3, 0.4) is 0 Å². The molecule has 4 aliphatic heterocycles. The van der Waals surface area contributed by atoms with E-state index in [0.717, 1.165) is 36.1 Å². The molecule has 0 aliphatic carbocycles. The Morgan fingerprint density at radius 2 is 1.57 bits per heavy atom. The summed E-state index contributed by atoms with van der Waals surface area (Å²) in [6.45, 7) is 4.66. The molecule has 2 aromatic carbocycles. The number of anilines is 1. The molecule has 49 heavy (non-hydrogen) atoms. The Balaban J connectivity index is 1.06. The zero-order valence-electron chi connectivity index (χ0n) is 27.2. The first-order valence-electron chi connectivity index (χ1n) is 16.8. The number of halogens is 2. The number of benzene rings is 2. The van der Waals surface area contributed by atoms with Crippen LogP contribution in [0, 0.1) is 0 Å². The lowest BCUT2D eigenvalue weighted by molar-refractivity contribution is -0.142. The number of nitrogens with one attached hydrogen (secondary N) is 1. The van der Waals surface area contributed by atoms with E-state index in [1.807, 2.05) is 29.2 Å². The van der Waals surface area contributed by atoms with Gasteiger partial charge in [0.05, 0.1) is 25.7 Å². The van der Waals surface area contributed by atoms with Gasteiger partial charge in [-0.2, -0.15) is 4.31 Å². The zero-order chi connectivity index (χ0) is 34.7. The van der Waals surface area contributed by atoms with E-state index in [2.05, 4.69) is 26.1 Å². The third-order valence-corrected chi connectivity index (χ3v) is 13.4. The van der Waals surface area contributed by atoms with Crippen LogP contribution in [0.25, 0.3) is 0 Å². The molecule has 0 unspecified atom stereocenters. The Morgan fingerprint density at radius 3 is 2.24 bits per heavy atom. The van der Waals surface area contributed by atoms with Gasteiger partial charge in [0, 0.05) is 83.1 Å². The number of carbonyl (C=O) groups excluding carboxylic acids is 3. The average molecular weight is 874 g/mol. The van der Waals surface area contributed by atoms with E-state index in [9.17, 15) is 27.9 Å². The third kappa shape index (κ3) is 8.80. The molecule has 0 spiro atoms. The fraction of sp³-hybridized carbons (Fsp3) is 0.545. The monoisotopic (exact) mass is 872 g/mol. The lowest BCUT2D eigenvalue weighted by Crippen LogP contribution is -2.55. The highest BCUT2D eigenvalue weighted by Gasteiger charge is 2.37. The number of hydrogen-bond donors (Lipinski definition) is 2. The zero-order valence-corrected chi connectivity index (χ0v) is 31.7. The molecular weight excluding hydrogens is 831 g/mol. The predicted molar refractivity (Wildman–Crippen MR) is 196 cm³/mol. The molecule has 3 saturated heterocycles. The number of piperidine rings is 2. The number of rotatable bonds is 7. The van der Waals surface area contributed by atoms with Crippen LogP contribution in [0.5, 0.6) is 5.75 Å². The van der Waals surface area contributed by atoms with Crippen molar-refractivity contribution in [2.45, 2.75) is 56.7 Å². The molecule has 266 valence electrons. The molecule has 13 nitrogen and oxygen atoms in total. The first kappa shape index (κ1) is 36.1. The highest BCUT2D eigenvalue weighted by Crippen LogP contribution is 2.28. The minimum atomic E-state index is -3.24. The molecule has 3 fully saturated rings. The van der Waals surface area contributed by atoms with Crippen molar-refractivity contribution in [1.82, 2.24) is 23.9 Å². The molecular formula is C33H42BrIN6O7S. The van der Waals surface area contributed by atoms with Gasteiger partial charge in [-0.15, -0.1) is 0 Å². The second-order valence-corrected chi connectivity index (χ2v) is 18.6. The fourth-order valence-corrected chi connectivity index (χ4v) is 9.51. The summed E-state index contributed by atoms with van der Waals surface area (Å²) in [7, 11) is -3.24. The van der Waals surface area contributed by atoms with Crippen LogP contribution >= 0.6 is 37.1 Å². The van der Waals surface area contributed by atoms with Crippen LogP contribution in [0.15, 0.2) is 46.9 Å². The van der Waals surface area contributed by atoms with Gasteiger partial charge >= 0.3 is 12.1 Å². The molecule has 16 heteroatoms. The highest BCUT2D eigenvalue weighted by molar-refractivity contribution is 14.2. The van der Waals surface area contributed by atoms with E-state index >= 15 is 0 Å². The first-order chi connectivity index (χ1) is 23.5. The Morgan fingerprint density at radius 1 is 0.918 bits per heavy atom. The highest BCUT2D eigenvalue weighted by atomic mass is 127. The van der Waals surface area contributed by atoms with E-state index < -0.39 is 19.4 Å². The lowest BCUT2D eigenvalue weighted by atomic mass is 10.0. The molecule has 1 atom stereocenters. The smallest absolute Gasteiger partial charge is 0.410 e. The largest absolute Gasteiger partial charge is 0.507 e. The van der Waals surface area contributed by atoms with Crippen molar-refractivity contribution < 1.29 is 32.6 Å². The molecule has 2 N–H and O–H groups in total. The number of likely N-dealkylation sites (tertiary alicyclic amines) is 2. The number of phenolic OH excluding ortho intramolecular Hbond substituents is 1. The Hall–Kier alpha value is -2.67. The van der Waals surface area contributed by atoms with Gasteiger partial charge in [-0.1, -0.05) is 24.3 Å². The summed E-state index contributed by atoms with van der Waals surface area (Å²) < 4.78 is 31.8. The van der Waals surface area contributed by atoms with E-state index in [1.54, 1.807) is 28.0 Å². The maximum absolute atomic E-state index is 14.0. The molecule has 4 aliphatic rings. The topological polar surface area (TPSA) is 143 Å². The molecule has 4 heterocycles. The molecule has 6 rings (SSSR count). The number of urea groups is 1. The number of carbonyl (C=O) groups is 3. The van der Waals surface area contributed by atoms with Gasteiger partial charge in [0.25, 0.3) is 13.1 Å². The van der Waals surface area contributed by atoms with Gasteiger partial charge in [0.2, 0.25) is 0 Å². The number of fused-ring (bicyclic) bond motifs is 1. The summed E-state index contributed by atoms with van der Waals surface area (Å²) in [5.74, 6) is -0.181. The van der Waals surface area contributed by atoms with E-state index in [0.29, 0.717) is 76.2 Å². The number of piperazine rings is 1. The van der Waals surface area contributed by atoms with Crippen LogP contribution in [0.1, 0.15) is 36.8 Å². The van der Waals surface area contributed by atoms with Crippen molar-refractivity contribution in [2.24, 2.45) is 0 Å². The fourth-order valence-electron chi connectivity index (χ4n) is 7.31. The first-order valence-corrected chi connectivity index (χ1v) is 21.5. The Labute approximate surface area is 307 Å². The maximum Gasteiger partial charge on any atom is 0.410 e.